The lowest BCUT2D eigenvalue weighted by Gasteiger charge is -2.37. The maximum Gasteiger partial charge on any atom is 0.338 e. The predicted octanol–water partition coefficient (Wildman–Crippen LogP) is 8.34. The standard InChI is InChI=1S/C28H28Cl2N2O2S/c1-3-34-27(33)24-17(2)31-28-32(26(24)21-10-7-11-22(29)25(21)30)23(16-35-28)20-14-12-19(13-15-20)18-8-5-4-6-9-18/h7,10-16,18,26H,3-6,8-9H2,1-2H3/t26-/m0/s1. The van der Waals surface area contributed by atoms with Crippen molar-refractivity contribution in [2.24, 2.45) is 4.99 Å². The van der Waals surface area contributed by atoms with Crippen molar-refractivity contribution in [3.05, 3.63) is 85.9 Å². The van der Waals surface area contributed by atoms with Crippen molar-refractivity contribution in [2.45, 2.75) is 57.9 Å². The Morgan fingerprint density at radius 1 is 1.11 bits per heavy atom. The summed E-state index contributed by atoms with van der Waals surface area (Å²) in [5.74, 6) is 0.258. The van der Waals surface area contributed by atoms with Crippen LogP contribution in [0.1, 0.15) is 74.6 Å². The van der Waals surface area contributed by atoms with E-state index in [1.807, 2.05) is 19.1 Å². The number of fused-ring (bicyclic) bond motifs is 1. The van der Waals surface area contributed by atoms with E-state index in [9.17, 15) is 4.79 Å². The first-order valence-electron chi connectivity index (χ1n) is 12.2. The van der Waals surface area contributed by atoms with Gasteiger partial charge in [-0.25, -0.2) is 9.79 Å². The average molecular weight is 528 g/mol. The molecule has 2 aliphatic heterocycles. The van der Waals surface area contributed by atoms with E-state index in [1.54, 1.807) is 24.8 Å². The zero-order chi connectivity index (χ0) is 24.5. The van der Waals surface area contributed by atoms with Crippen LogP contribution >= 0.6 is 35.0 Å². The topological polar surface area (TPSA) is 41.9 Å². The van der Waals surface area contributed by atoms with Crippen LogP contribution in [-0.4, -0.2) is 22.6 Å². The van der Waals surface area contributed by atoms with Crippen LogP contribution in [-0.2, 0) is 9.53 Å². The van der Waals surface area contributed by atoms with Crippen LogP contribution in [0, 0.1) is 0 Å². The van der Waals surface area contributed by atoms with E-state index in [0.717, 1.165) is 22.0 Å². The number of aliphatic imine (C=N–C) groups is 1. The first kappa shape index (κ1) is 24.5. The third kappa shape index (κ3) is 4.66. The molecular formula is C28H28Cl2N2O2S. The summed E-state index contributed by atoms with van der Waals surface area (Å²) in [5.41, 5.74) is 5.33. The van der Waals surface area contributed by atoms with Gasteiger partial charge in [0.15, 0.2) is 5.17 Å². The second-order valence-electron chi connectivity index (χ2n) is 9.11. The number of halogens is 2. The van der Waals surface area contributed by atoms with Crippen molar-refractivity contribution in [1.29, 1.82) is 0 Å². The number of amidine groups is 1. The van der Waals surface area contributed by atoms with Gasteiger partial charge in [-0.15, -0.1) is 0 Å². The molecule has 1 saturated carbocycles. The minimum Gasteiger partial charge on any atom is -0.463 e. The number of carbonyl (C=O) groups is 1. The van der Waals surface area contributed by atoms with Crippen molar-refractivity contribution in [3.63, 3.8) is 0 Å². The summed E-state index contributed by atoms with van der Waals surface area (Å²) in [6.45, 7) is 3.93. The number of esters is 1. The molecule has 0 N–H and O–H groups in total. The Morgan fingerprint density at radius 2 is 1.86 bits per heavy atom. The number of carbonyl (C=O) groups excluding carboxylic acids is 1. The Labute approximate surface area is 221 Å². The molecule has 1 fully saturated rings. The third-order valence-corrected chi connectivity index (χ3v) is 8.65. The van der Waals surface area contributed by atoms with Gasteiger partial charge in [0.2, 0.25) is 0 Å². The van der Waals surface area contributed by atoms with E-state index >= 15 is 0 Å². The Bertz CT molecular complexity index is 1230. The molecule has 0 amide bonds. The van der Waals surface area contributed by atoms with Crippen LogP contribution in [0.2, 0.25) is 10.0 Å². The number of rotatable bonds is 5. The van der Waals surface area contributed by atoms with Gasteiger partial charge in [0.1, 0.15) is 0 Å². The highest BCUT2D eigenvalue weighted by Crippen LogP contribution is 2.49. The first-order valence-corrected chi connectivity index (χ1v) is 13.8. The SMILES string of the molecule is CCOC(=O)C1=C(C)N=C2SC=C(c3ccc(C4CCCCC4)cc3)N2[C@H]1c1cccc(Cl)c1Cl. The highest BCUT2D eigenvalue weighted by molar-refractivity contribution is 8.16. The van der Waals surface area contributed by atoms with Crippen molar-refractivity contribution in [2.75, 3.05) is 6.61 Å². The molecule has 0 aromatic heterocycles. The van der Waals surface area contributed by atoms with Gasteiger partial charge in [-0.2, -0.15) is 0 Å². The second-order valence-corrected chi connectivity index (χ2v) is 10.7. The van der Waals surface area contributed by atoms with E-state index in [0.29, 0.717) is 27.2 Å². The maximum absolute atomic E-state index is 13.2. The zero-order valence-corrected chi connectivity index (χ0v) is 22.2. The molecule has 7 heteroatoms. The average Bonchev–Trinajstić information content (AvgIpc) is 3.29. The molecule has 2 aromatic rings. The molecule has 0 saturated heterocycles. The molecule has 0 radical (unpaired) electrons. The number of thioether (sulfide) groups is 1. The van der Waals surface area contributed by atoms with E-state index in [1.165, 1.54) is 37.7 Å². The van der Waals surface area contributed by atoms with Crippen LogP contribution in [0.5, 0.6) is 0 Å². The molecule has 0 bridgehead atoms. The Hall–Kier alpha value is -2.21. The number of ether oxygens (including phenoxy) is 1. The molecule has 0 spiro atoms. The van der Waals surface area contributed by atoms with Crippen molar-refractivity contribution >= 4 is 51.8 Å². The largest absolute Gasteiger partial charge is 0.463 e. The van der Waals surface area contributed by atoms with Gasteiger partial charge in [-0.3, -0.25) is 0 Å². The van der Waals surface area contributed by atoms with Crippen LogP contribution in [0.4, 0.5) is 0 Å². The smallest absolute Gasteiger partial charge is 0.338 e. The summed E-state index contributed by atoms with van der Waals surface area (Å²) in [4.78, 5) is 20.0. The second kappa shape index (κ2) is 10.4. The lowest BCUT2D eigenvalue weighted by Crippen LogP contribution is -2.36. The van der Waals surface area contributed by atoms with Gasteiger partial charge in [-0.05, 0) is 55.4 Å². The molecular weight excluding hydrogens is 499 g/mol. The van der Waals surface area contributed by atoms with E-state index in [-0.39, 0.29) is 6.61 Å². The van der Waals surface area contributed by atoms with Crippen molar-refractivity contribution < 1.29 is 9.53 Å². The molecule has 1 aliphatic carbocycles. The van der Waals surface area contributed by atoms with Crippen LogP contribution < -0.4 is 0 Å². The highest BCUT2D eigenvalue weighted by Gasteiger charge is 2.42. The number of allylic oxidation sites excluding steroid dienone is 1. The van der Waals surface area contributed by atoms with Crippen LogP contribution in [0.25, 0.3) is 5.70 Å². The summed E-state index contributed by atoms with van der Waals surface area (Å²) in [6.07, 6.45) is 6.50. The third-order valence-electron chi connectivity index (χ3n) is 6.98. The lowest BCUT2D eigenvalue weighted by molar-refractivity contribution is -0.139. The summed E-state index contributed by atoms with van der Waals surface area (Å²) in [7, 11) is 0. The number of hydrogen-bond donors (Lipinski definition) is 0. The molecule has 0 unspecified atom stereocenters. The van der Waals surface area contributed by atoms with Gasteiger partial charge < -0.3 is 9.64 Å². The van der Waals surface area contributed by atoms with Gasteiger partial charge >= 0.3 is 5.97 Å². The van der Waals surface area contributed by atoms with E-state index < -0.39 is 12.0 Å². The van der Waals surface area contributed by atoms with E-state index in [2.05, 4.69) is 34.6 Å². The number of hydrogen-bond acceptors (Lipinski definition) is 5. The Balaban J connectivity index is 1.56. The normalized spacial score (nSPS) is 20.5. The molecule has 5 rings (SSSR count). The molecule has 2 aromatic carbocycles. The lowest BCUT2D eigenvalue weighted by atomic mass is 9.84. The molecule has 3 aliphatic rings. The van der Waals surface area contributed by atoms with E-state index in [4.69, 9.17) is 32.9 Å². The van der Waals surface area contributed by atoms with Crippen LogP contribution in [0.15, 0.2) is 64.1 Å². The maximum atomic E-state index is 13.2. The van der Waals surface area contributed by atoms with Gasteiger partial charge in [-0.1, -0.05) is 90.6 Å². The van der Waals surface area contributed by atoms with Crippen LogP contribution in [0.3, 0.4) is 0 Å². The molecule has 1 atom stereocenters. The van der Waals surface area contributed by atoms with Gasteiger partial charge in [0.25, 0.3) is 0 Å². The van der Waals surface area contributed by atoms with Gasteiger partial charge in [0, 0.05) is 5.41 Å². The highest BCUT2D eigenvalue weighted by atomic mass is 35.5. The number of nitrogens with zero attached hydrogens (tertiary/aromatic N) is 2. The van der Waals surface area contributed by atoms with Crippen molar-refractivity contribution in [3.8, 4) is 0 Å². The molecule has 35 heavy (non-hydrogen) atoms. The monoisotopic (exact) mass is 526 g/mol. The number of benzene rings is 2. The Kier molecular flexibility index (Phi) is 7.29. The minimum atomic E-state index is -0.493. The molecule has 2 heterocycles. The summed E-state index contributed by atoms with van der Waals surface area (Å²) in [6, 6.07) is 13.9. The quantitative estimate of drug-likeness (QED) is 0.367. The fourth-order valence-corrected chi connectivity index (χ4v) is 6.63. The molecule has 182 valence electrons. The predicted molar refractivity (Wildman–Crippen MR) is 146 cm³/mol. The minimum absolute atomic E-state index is 0.280. The zero-order valence-electron chi connectivity index (χ0n) is 19.9. The molecule has 4 nitrogen and oxygen atoms in total. The summed E-state index contributed by atoms with van der Waals surface area (Å²) in [5, 5.41) is 3.78. The summed E-state index contributed by atoms with van der Waals surface area (Å²) >= 11 is 14.7. The summed E-state index contributed by atoms with van der Waals surface area (Å²) < 4.78 is 5.45. The fraction of sp³-hybridized carbons (Fsp3) is 0.357. The van der Waals surface area contributed by atoms with Crippen molar-refractivity contribution in [1.82, 2.24) is 4.90 Å². The Morgan fingerprint density at radius 3 is 2.57 bits per heavy atom. The first-order chi connectivity index (χ1) is 17.0. The fourth-order valence-electron chi connectivity index (χ4n) is 5.25. The van der Waals surface area contributed by atoms with Gasteiger partial charge in [0.05, 0.1) is 39.7 Å².